The Balaban J connectivity index is 1.48. The van der Waals surface area contributed by atoms with Crippen molar-refractivity contribution in [2.75, 3.05) is 37.1 Å². The minimum absolute atomic E-state index is 0.213. The van der Waals surface area contributed by atoms with Crippen molar-refractivity contribution < 1.29 is 9.47 Å². The average Bonchev–Trinajstić information content (AvgIpc) is 2.76. The molecule has 3 aliphatic rings. The number of anilines is 2. The molecule has 0 radical (unpaired) electrons. The number of nitrogens with zero attached hydrogens (tertiary/aromatic N) is 6. The molecule has 0 N–H and O–H groups in total. The van der Waals surface area contributed by atoms with Crippen LogP contribution in [0.15, 0.2) is 29.5 Å². The number of piperidine rings is 1. The van der Waals surface area contributed by atoms with Gasteiger partial charge >= 0.3 is 0 Å². The van der Waals surface area contributed by atoms with Crippen molar-refractivity contribution in [1.29, 1.82) is 0 Å². The van der Waals surface area contributed by atoms with E-state index in [0.717, 1.165) is 36.2 Å². The third-order valence-electron chi connectivity index (χ3n) is 5.96. The number of fused-ring (bicyclic) bond motifs is 3. The quantitative estimate of drug-likeness (QED) is 0.622. The van der Waals surface area contributed by atoms with Gasteiger partial charge in [0.25, 0.3) is 5.56 Å². The highest BCUT2D eigenvalue weighted by Crippen LogP contribution is 2.42. The molecule has 0 amide bonds. The second kappa shape index (κ2) is 7.02. The molecule has 2 aromatic heterocycles. The number of ether oxygens (including phenoxy) is 2. The minimum atomic E-state index is -0.284. The minimum Gasteiger partial charge on any atom is -0.493 e. The summed E-state index contributed by atoms with van der Waals surface area (Å²) in [4.78, 5) is 25.6. The monoisotopic (exact) mass is 428 g/mol. The molecule has 2 unspecified atom stereocenters. The molecule has 3 aromatic rings. The number of piperazine rings is 1. The Morgan fingerprint density at radius 2 is 1.80 bits per heavy atom. The number of benzene rings is 1. The van der Waals surface area contributed by atoms with E-state index in [1.165, 1.54) is 4.68 Å². The summed E-state index contributed by atoms with van der Waals surface area (Å²) < 4.78 is 12.1. The van der Waals surface area contributed by atoms with Crippen molar-refractivity contribution in [3.8, 4) is 11.5 Å². The molecular weight excluding hydrogens is 408 g/mol. The van der Waals surface area contributed by atoms with Crippen LogP contribution in [0.4, 0.5) is 11.5 Å². The van der Waals surface area contributed by atoms with E-state index in [2.05, 4.69) is 24.9 Å². The summed E-state index contributed by atoms with van der Waals surface area (Å²) >= 11 is 6.31. The van der Waals surface area contributed by atoms with Gasteiger partial charge in [-0.15, -0.1) is 0 Å². The van der Waals surface area contributed by atoms with E-state index in [1.807, 2.05) is 12.1 Å². The van der Waals surface area contributed by atoms with Crippen LogP contribution >= 0.6 is 11.6 Å². The molecule has 10 heteroatoms. The predicted molar refractivity (Wildman–Crippen MR) is 114 cm³/mol. The molecule has 6 rings (SSSR count). The lowest BCUT2D eigenvalue weighted by molar-refractivity contribution is 0.289. The SMILES string of the molecule is COc1cc2ncnc(N3C4CC3CN(c3cnn(C)c(=O)c3Cl)C4)c2cc1OC. The van der Waals surface area contributed by atoms with Gasteiger partial charge in [0, 0.05) is 31.6 Å². The van der Waals surface area contributed by atoms with Gasteiger partial charge in [0.2, 0.25) is 0 Å². The van der Waals surface area contributed by atoms with Crippen molar-refractivity contribution in [2.24, 2.45) is 7.05 Å². The number of rotatable bonds is 4. The van der Waals surface area contributed by atoms with Crippen LogP contribution in [0.3, 0.4) is 0 Å². The van der Waals surface area contributed by atoms with E-state index in [9.17, 15) is 4.79 Å². The Kier molecular flexibility index (Phi) is 4.43. The summed E-state index contributed by atoms with van der Waals surface area (Å²) in [5, 5.41) is 5.26. The third-order valence-corrected chi connectivity index (χ3v) is 6.31. The van der Waals surface area contributed by atoms with Crippen LogP contribution in [0.5, 0.6) is 11.5 Å². The van der Waals surface area contributed by atoms with Gasteiger partial charge in [-0.3, -0.25) is 4.79 Å². The van der Waals surface area contributed by atoms with Gasteiger partial charge in [0.05, 0.1) is 43.7 Å². The smallest absolute Gasteiger partial charge is 0.287 e. The normalized spacial score (nSPS) is 20.3. The number of hydrogen-bond acceptors (Lipinski definition) is 8. The summed E-state index contributed by atoms with van der Waals surface area (Å²) in [6, 6.07) is 4.31. The van der Waals surface area contributed by atoms with Crippen LogP contribution in [0, 0.1) is 0 Å². The fourth-order valence-electron chi connectivity index (χ4n) is 4.45. The molecule has 5 heterocycles. The molecule has 2 bridgehead atoms. The predicted octanol–water partition coefficient (Wildman–Crippen LogP) is 1.86. The van der Waals surface area contributed by atoms with E-state index in [-0.39, 0.29) is 22.7 Å². The van der Waals surface area contributed by atoms with Crippen molar-refractivity contribution in [3.05, 3.63) is 40.0 Å². The Bertz CT molecular complexity index is 1190. The number of hydrogen-bond donors (Lipinski definition) is 0. The molecule has 3 saturated heterocycles. The molecular formula is C20H21ClN6O3. The number of aryl methyl sites for hydroxylation is 1. The van der Waals surface area contributed by atoms with E-state index in [0.29, 0.717) is 17.2 Å². The number of halogens is 1. The van der Waals surface area contributed by atoms with E-state index in [1.54, 1.807) is 33.8 Å². The Labute approximate surface area is 177 Å². The molecule has 30 heavy (non-hydrogen) atoms. The lowest BCUT2D eigenvalue weighted by Crippen LogP contribution is -2.69. The second-order valence-corrected chi connectivity index (χ2v) is 7.93. The van der Waals surface area contributed by atoms with Gasteiger partial charge in [-0.25, -0.2) is 14.6 Å². The first-order chi connectivity index (χ1) is 14.5. The standard InChI is InChI=1S/C20H21ClN6O3/c1-25-20(28)18(21)15(7-24-25)26-8-11-4-12(9-26)27(11)19-13-5-16(29-2)17(30-3)6-14(13)22-10-23-19/h5-7,10-12H,4,8-9H2,1-3H3. The summed E-state index contributed by atoms with van der Waals surface area (Å²) in [6.45, 7) is 1.48. The Morgan fingerprint density at radius 1 is 1.10 bits per heavy atom. The first-order valence-corrected chi connectivity index (χ1v) is 10.0. The first kappa shape index (κ1) is 18.9. The largest absolute Gasteiger partial charge is 0.493 e. The third kappa shape index (κ3) is 2.76. The summed E-state index contributed by atoms with van der Waals surface area (Å²) in [6.07, 6.45) is 4.30. The first-order valence-electron chi connectivity index (χ1n) is 9.63. The Hall–Kier alpha value is -3.07. The molecule has 0 saturated carbocycles. The lowest BCUT2D eigenvalue weighted by Gasteiger charge is -2.57. The molecule has 9 nitrogen and oxygen atoms in total. The maximum absolute atomic E-state index is 12.2. The van der Waals surface area contributed by atoms with Gasteiger partial charge in [-0.2, -0.15) is 5.10 Å². The highest BCUT2D eigenvalue weighted by atomic mass is 35.5. The van der Waals surface area contributed by atoms with Crippen LogP contribution in [0.25, 0.3) is 10.9 Å². The summed E-state index contributed by atoms with van der Waals surface area (Å²) in [5.74, 6) is 2.17. The molecule has 3 aliphatic heterocycles. The maximum Gasteiger partial charge on any atom is 0.287 e. The zero-order valence-electron chi connectivity index (χ0n) is 16.9. The summed E-state index contributed by atoms with van der Waals surface area (Å²) in [7, 11) is 4.82. The van der Waals surface area contributed by atoms with Gasteiger partial charge in [0.15, 0.2) is 11.5 Å². The topological polar surface area (TPSA) is 85.6 Å². The van der Waals surface area contributed by atoms with Crippen molar-refractivity contribution in [3.63, 3.8) is 0 Å². The van der Waals surface area contributed by atoms with Gasteiger partial charge in [-0.1, -0.05) is 11.6 Å². The van der Waals surface area contributed by atoms with Crippen molar-refractivity contribution in [2.45, 2.75) is 18.5 Å². The fraction of sp³-hybridized carbons (Fsp3) is 0.400. The number of aromatic nitrogens is 4. The van der Waals surface area contributed by atoms with E-state index >= 15 is 0 Å². The summed E-state index contributed by atoms with van der Waals surface area (Å²) in [5.41, 5.74) is 1.21. The van der Waals surface area contributed by atoms with Gasteiger partial charge in [-0.05, 0) is 12.5 Å². The second-order valence-electron chi connectivity index (χ2n) is 7.55. The van der Waals surface area contributed by atoms with Crippen LogP contribution in [-0.4, -0.2) is 59.1 Å². The van der Waals surface area contributed by atoms with Crippen LogP contribution in [0.2, 0.25) is 5.02 Å². The van der Waals surface area contributed by atoms with Crippen LogP contribution in [-0.2, 0) is 7.05 Å². The van der Waals surface area contributed by atoms with Crippen molar-refractivity contribution >= 4 is 34.0 Å². The lowest BCUT2D eigenvalue weighted by atomic mass is 9.86. The zero-order valence-corrected chi connectivity index (χ0v) is 17.6. The maximum atomic E-state index is 12.2. The highest BCUT2D eigenvalue weighted by molar-refractivity contribution is 6.33. The Morgan fingerprint density at radius 3 is 2.50 bits per heavy atom. The molecule has 1 aromatic carbocycles. The van der Waals surface area contributed by atoms with E-state index < -0.39 is 0 Å². The van der Waals surface area contributed by atoms with Gasteiger partial charge < -0.3 is 19.3 Å². The number of methoxy groups -OCH3 is 2. The van der Waals surface area contributed by atoms with Crippen molar-refractivity contribution in [1.82, 2.24) is 19.7 Å². The fourth-order valence-corrected chi connectivity index (χ4v) is 4.74. The van der Waals surface area contributed by atoms with Crippen LogP contribution in [0.1, 0.15) is 6.42 Å². The van der Waals surface area contributed by atoms with Gasteiger partial charge in [0.1, 0.15) is 17.2 Å². The molecule has 156 valence electrons. The molecule has 0 spiro atoms. The average molecular weight is 429 g/mol. The van der Waals surface area contributed by atoms with E-state index in [4.69, 9.17) is 21.1 Å². The zero-order chi connectivity index (χ0) is 21.0. The molecule has 2 atom stereocenters. The van der Waals surface area contributed by atoms with Crippen LogP contribution < -0.4 is 24.8 Å². The highest BCUT2D eigenvalue weighted by Gasteiger charge is 2.46. The molecule has 0 aliphatic carbocycles. The molecule has 3 fully saturated rings.